The first-order valence-electron chi connectivity index (χ1n) is 8.65. The van der Waals surface area contributed by atoms with E-state index in [4.69, 9.17) is 9.31 Å². The van der Waals surface area contributed by atoms with E-state index in [0.717, 1.165) is 5.46 Å². The molecule has 0 atom stereocenters. The summed E-state index contributed by atoms with van der Waals surface area (Å²) in [6.45, 7) is 8.00. The first-order valence-corrected chi connectivity index (χ1v) is 8.65. The zero-order valence-corrected chi connectivity index (χ0v) is 15.3. The molecule has 2 amide bonds. The molecule has 1 saturated heterocycles. The van der Waals surface area contributed by atoms with Crippen LogP contribution in [0, 0.1) is 0 Å². The standard InChI is InChI=1S/C20H20BNO4/c1-19(2)20(3,4)26-21(25-19)13-9-11-14(12-10-13)22-17(23)15-7-5-6-8-16(15)18(22)24/h5-12H,1-4H3. The number of imide groups is 1. The van der Waals surface area contributed by atoms with Gasteiger partial charge in [0.1, 0.15) is 0 Å². The van der Waals surface area contributed by atoms with Crippen molar-refractivity contribution in [2.24, 2.45) is 0 Å². The molecule has 2 aromatic carbocycles. The highest BCUT2D eigenvalue weighted by Gasteiger charge is 2.51. The van der Waals surface area contributed by atoms with Crippen molar-refractivity contribution >= 4 is 30.1 Å². The average molecular weight is 349 g/mol. The Kier molecular flexibility index (Phi) is 3.62. The van der Waals surface area contributed by atoms with Crippen molar-refractivity contribution in [1.82, 2.24) is 0 Å². The minimum Gasteiger partial charge on any atom is -0.399 e. The Balaban J connectivity index is 1.60. The van der Waals surface area contributed by atoms with Gasteiger partial charge in [0.25, 0.3) is 11.8 Å². The first kappa shape index (κ1) is 17.0. The van der Waals surface area contributed by atoms with E-state index in [2.05, 4.69) is 0 Å². The Morgan fingerprint density at radius 2 is 1.23 bits per heavy atom. The Morgan fingerprint density at radius 1 is 0.769 bits per heavy atom. The predicted octanol–water partition coefficient (Wildman–Crippen LogP) is 2.79. The number of amides is 2. The van der Waals surface area contributed by atoms with Gasteiger partial charge in [-0.2, -0.15) is 0 Å². The molecular formula is C20H20BNO4. The predicted molar refractivity (Wildman–Crippen MR) is 99.7 cm³/mol. The van der Waals surface area contributed by atoms with E-state index < -0.39 is 18.3 Å². The van der Waals surface area contributed by atoms with Crippen LogP contribution < -0.4 is 10.4 Å². The first-order chi connectivity index (χ1) is 12.2. The third kappa shape index (κ3) is 2.41. The van der Waals surface area contributed by atoms with Crippen LogP contribution in [0.2, 0.25) is 0 Å². The van der Waals surface area contributed by atoms with Gasteiger partial charge in [-0.1, -0.05) is 24.3 Å². The number of anilines is 1. The molecule has 0 spiro atoms. The smallest absolute Gasteiger partial charge is 0.399 e. The minimum atomic E-state index is -0.476. The third-order valence-corrected chi connectivity index (χ3v) is 5.47. The molecule has 0 aromatic heterocycles. The van der Waals surface area contributed by atoms with Gasteiger partial charge < -0.3 is 9.31 Å². The van der Waals surface area contributed by atoms with Gasteiger partial charge in [-0.3, -0.25) is 9.59 Å². The fourth-order valence-corrected chi connectivity index (χ4v) is 3.18. The molecule has 0 N–H and O–H groups in total. The van der Waals surface area contributed by atoms with Gasteiger partial charge in [0.15, 0.2) is 0 Å². The highest BCUT2D eigenvalue weighted by Crippen LogP contribution is 2.36. The number of benzene rings is 2. The van der Waals surface area contributed by atoms with Gasteiger partial charge in [-0.05, 0) is 57.4 Å². The zero-order chi connectivity index (χ0) is 18.7. The van der Waals surface area contributed by atoms with Crippen LogP contribution in [0.4, 0.5) is 5.69 Å². The maximum Gasteiger partial charge on any atom is 0.494 e. The molecule has 4 rings (SSSR count). The monoisotopic (exact) mass is 349 g/mol. The molecule has 0 bridgehead atoms. The molecule has 0 aliphatic carbocycles. The molecule has 0 radical (unpaired) electrons. The molecule has 2 aromatic rings. The summed E-state index contributed by atoms with van der Waals surface area (Å²) in [7, 11) is -0.476. The molecular weight excluding hydrogens is 329 g/mol. The lowest BCUT2D eigenvalue weighted by molar-refractivity contribution is 0.00578. The second kappa shape index (κ2) is 5.53. The van der Waals surface area contributed by atoms with E-state index in [9.17, 15) is 9.59 Å². The second-order valence-corrected chi connectivity index (χ2v) is 7.67. The Labute approximate surface area is 153 Å². The van der Waals surface area contributed by atoms with E-state index in [1.165, 1.54) is 4.90 Å². The zero-order valence-electron chi connectivity index (χ0n) is 15.3. The van der Waals surface area contributed by atoms with Gasteiger partial charge in [0.2, 0.25) is 0 Å². The topological polar surface area (TPSA) is 55.8 Å². The minimum absolute atomic E-state index is 0.297. The van der Waals surface area contributed by atoms with Crippen LogP contribution in [-0.2, 0) is 9.31 Å². The summed E-state index contributed by atoms with van der Waals surface area (Å²) in [6, 6.07) is 14.0. The Hall–Kier alpha value is -2.44. The molecule has 2 heterocycles. The quantitative estimate of drug-likeness (QED) is 0.618. The number of carbonyl (C=O) groups excluding carboxylic acids is 2. The summed E-state index contributed by atoms with van der Waals surface area (Å²) < 4.78 is 12.1. The van der Waals surface area contributed by atoms with Crippen molar-refractivity contribution in [2.75, 3.05) is 4.90 Å². The maximum absolute atomic E-state index is 12.6. The van der Waals surface area contributed by atoms with Crippen LogP contribution >= 0.6 is 0 Å². The molecule has 26 heavy (non-hydrogen) atoms. The molecule has 2 aliphatic heterocycles. The largest absolute Gasteiger partial charge is 0.494 e. The number of carbonyl (C=O) groups is 2. The summed E-state index contributed by atoms with van der Waals surface area (Å²) in [5.74, 6) is -0.594. The summed E-state index contributed by atoms with van der Waals surface area (Å²) in [6.07, 6.45) is 0. The van der Waals surface area contributed by atoms with Gasteiger partial charge in [0.05, 0.1) is 28.0 Å². The van der Waals surface area contributed by atoms with Crippen molar-refractivity contribution in [2.45, 2.75) is 38.9 Å². The average Bonchev–Trinajstić information content (AvgIpc) is 2.98. The number of rotatable bonds is 2. The SMILES string of the molecule is CC1(C)OB(c2ccc(N3C(=O)c4ccccc4C3=O)cc2)OC1(C)C. The Morgan fingerprint density at radius 3 is 1.69 bits per heavy atom. The van der Waals surface area contributed by atoms with E-state index in [-0.39, 0.29) is 11.8 Å². The summed E-state index contributed by atoms with van der Waals surface area (Å²) in [5, 5.41) is 0. The van der Waals surface area contributed by atoms with Crippen molar-refractivity contribution in [3.8, 4) is 0 Å². The lowest BCUT2D eigenvalue weighted by Gasteiger charge is -2.32. The molecule has 132 valence electrons. The Bertz CT molecular complexity index is 853. The van der Waals surface area contributed by atoms with E-state index in [0.29, 0.717) is 16.8 Å². The van der Waals surface area contributed by atoms with E-state index in [1.54, 1.807) is 36.4 Å². The van der Waals surface area contributed by atoms with Gasteiger partial charge in [0, 0.05) is 0 Å². The van der Waals surface area contributed by atoms with Crippen LogP contribution in [0.15, 0.2) is 48.5 Å². The summed E-state index contributed by atoms with van der Waals surface area (Å²) in [4.78, 5) is 26.4. The summed E-state index contributed by atoms with van der Waals surface area (Å²) in [5.41, 5.74) is 1.43. The van der Waals surface area contributed by atoms with Gasteiger partial charge in [-0.15, -0.1) is 0 Å². The van der Waals surface area contributed by atoms with Crippen molar-refractivity contribution < 1.29 is 18.9 Å². The summed E-state index contributed by atoms with van der Waals surface area (Å²) >= 11 is 0. The van der Waals surface area contributed by atoms with Gasteiger partial charge in [-0.25, -0.2) is 4.90 Å². The molecule has 1 fully saturated rings. The molecule has 5 nitrogen and oxygen atoms in total. The fraction of sp³-hybridized carbons (Fsp3) is 0.300. The van der Waals surface area contributed by atoms with Crippen molar-refractivity contribution in [1.29, 1.82) is 0 Å². The van der Waals surface area contributed by atoms with Crippen LogP contribution in [0.25, 0.3) is 0 Å². The van der Waals surface area contributed by atoms with Crippen LogP contribution in [0.5, 0.6) is 0 Å². The van der Waals surface area contributed by atoms with Crippen molar-refractivity contribution in [3.05, 3.63) is 59.7 Å². The molecule has 6 heteroatoms. The number of nitrogens with zero attached hydrogens (tertiary/aromatic N) is 1. The number of hydrogen-bond acceptors (Lipinski definition) is 4. The van der Waals surface area contributed by atoms with E-state index in [1.807, 2.05) is 39.8 Å². The van der Waals surface area contributed by atoms with E-state index >= 15 is 0 Å². The highest BCUT2D eigenvalue weighted by molar-refractivity contribution is 6.62. The molecule has 0 saturated carbocycles. The molecule has 2 aliphatic rings. The normalized spacial score (nSPS) is 20.6. The lowest BCUT2D eigenvalue weighted by Crippen LogP contribution is -2.41. The van der Waals surface area contributed by atoms with Gasteiger partial charge >= 0.3 is 7.12 Å². The molecule has 0 unspecified atom stereocenters. The van der Waals surface area contributed by atoms with Crippen LogP contribution in [0.3, 0.4) is 0 Å². The van der Waals surface area contributed by atoms with Crippen molar-refractivity contribution in [3.63, 3.8) is 0 Å². The number of fused-ring (bicyclic) bond motifs is 1. The second-order valence-electron chi connectivity index (χ2n) is 7.67. The third-order valence-electron chi connectivity index (χ3n) is 5.47. The lowest BCUT2D eigenvalue weighted by atomic mass is 9.79. The maximum atomic E-state index is 12.6. The fourth-order valence-electron chi connectivity index (χ4n) is 3.18. The number of hydrogen-bond donors (Lipinski definition) is 0. The van der Waals surface area contributed by atoms with Crippen LogP contribution in [-0.4, -0.2) is 30.1 Å². The highest BCUT2D eigenvalue weighted by atomic mass is 16.7. The van der Waals surface area contributed by atoms with Crippen LogP contribution in [0.1, 0.15) is 48.4 Å².